The molecule has 2 aliphatic rings. The van der Waals surface area contributed by atoms with E-state index in [1.54, 1.807) is 0 Å². The second-order valence-electron chi connectivity index (χ2n) is 8.09. The average molecular weight is 354 g/mol. The number of likely N-dealkylation sites (tertiary alicyclic amines) is 1. The topological polar surface area (TPSA) is 45.5 Å². The Morgan fingerprint density at radius 1 is 1.08 bits per heavy atom. The summed E-state index contributed by atoms with van der Waals surface area (Å²) in [6, 6.07) is 8.82. The molecule has 0 radical (unpaired) electrons. The number of benzene rings is 1. The molecule has 0 unspecified atom stereocenters. The minimum Gasteiger partial charge on any atom is -0.464 e. The summed E-state index contributed by atoms with van der Waals surface area (Å²) >= 11 is 0. The third-order valence-electron chi connectivity index (χ3n) is 6.54. The second-order valence-corrected chi connectivity index (χ2v) is 8.09. The molecular formula is C22H30N2O2. The van der Waals surface area contributed by atoms with Crippen LogP contribution < -0.4 is 5.32 Å². The highest BCUT2D eigenvalue weighted by Gasteiger charge is 2.25. The third-order valence-corrected chi connectivity index (χ3v) is 6.54. The van der Waals surface area contributed by atoms with Gasteiger partial charge >= 0.3 is 0 Å². The number of hydrogen-bond acceptors (Lipinski definition) is 3. The highest BCUT2D eigenvalue weighted by molar-refractivity contribution is 5.81. The first-order valence-corrected chi connectivity index (χ1v) is 10.2. The molecule has 2 heterocycles. The highest BCUT2D eigenvalue weighted by atomic mass is 16.3. The largest absolute Gasteiger partial charge is 0.464 e. The molecule has 0 bridgehead atoms. The number of rotatable bonds is 6. The Morgan fingerprint density at radius 3 is 2.62 bits per heavy atom. The van der Waals surface area contributed by atoms with Crippen LogP contribution in [0.5, 0.6) is 0 Å². The number of nitrogens with zero attached hydrogens (tertiary/aromatic N) is 1. The first kappa shape index (κ1) is 17.6. The van der Waals surface area contributed by atoms with Gasteiger partial charge in [0.05, 0.1) is 6.26 Å². The zero-order valence-electron chi connectivity index (χ0n) is 15.5. The van der Waals surface area contributed by atoms with E-state index < -0.39 is 0 Å². The third kappa shape index (κ3) is 3.96. The molecule has 4 rings (SSSR count). The van der Waals surface area contributed by atoms with Gasteiger partial charge in [0.15, 0.2) is 0 Å². The van der Waals surface area contributed by atoms with Gasteiger partial charge in [0.2, 0.25) is 6.41 Å². The highest BCUT2D eigenvalue weighted by Crippen LogP contribution is 2.35. The molecule has 0 atom stereocenters. The van der Waals surface area contributed by atoms with E-state index in [9.17, 15) is 4.79 Å². The first-order valence-electron chi connectivity index (χ1n) is 10.2. The maximum atomic E-state index is 10.5. The standard InChI is InChI=1S/C22H30N2O2/c25-16-23-19-7-5-17(6-8-19)9-12-24-13-10-18(11-14-24)21-15-26-22-4-2-1-3-20(21)22/h1-4,15-19H,5-14H2,(H,23,25). The molecule has 2 fully saturated rings. The van der Waals surface area contributed by atoms with Crippen molar-refractivity contribution >= 4 is 17.4 Å². The minimum atomic E-state index is 0.421. The van der Waals surface area contributed by atoms with Crippen LogP contribution in [0.4, 0.5) is 0 Å². The van der Waals surface area contributed by atoms with E-state index in [0.29, 0.717) is 12.0 Å². The van der Waals surface area contributed by atoms with Crippen LogP contribution in [0.25, 0.3) is 11.0 Å². The lowest BCUT2D eigenvalue weighted by Gasteiger charge is -2.34. The minimum absolute atomic E-state index is 0.421. The number of nitrogens with one attached hydrogen (secondary N) is 1. The van der Waals surface area contributed by atoms with Gasteiger partial charge in [-0.15, -0.1) is 0 Å². The van der Waals surface area contributed by atoms with Gasteiger partial charge in [-0.25, -0.2) is 0 Å². The molecule has 1 aliphatic heterocycles. The van der Waals surface area contributed by atoms with Crippen LogP contribution in [-0.4, -0.2) is 37.0 Å². The van der Waals surface area contributed by atoms with E-state index in [2.05, 4.69) is 28.4 Å². The van der Waals surface area contributed by atoms with Crippen LogP contribution in [0.15, 0.2) is 34.9 Å². The van der Waals surface area contributed by atoms with Gasteiger partial charge in [-0.2, -0.15) is 0 Å². The number of hydrogen-bond donors (Lipinski definition) is 1. The first-order chi connectivity index (χ1) is 12.8. The summed E-state index contributed by atoms with van der Waals surface area (Å²) in [4.78, 5) is 13.2. The fourth-order valence-corrected chi connectivity index (χ4v) is 4.86. The van der Waals surface area contributed by atoms with E-state index in [1.807, 2.05) is 12.3 Å². The van der Waals surface area contributed by atoms with Crippen molar-refractivity contribution in [3.8, 4) is 0 Å². The molecule has 1 amide bonds. The normalized spacial score (nSPS) is 25.4. The zero-order valence-corrected chi connectivity index (χ0v) is 15.5. The lowest BCUT2D eigenvalue weighted by atomic mass is 9.83. The SMILES string of the molecule is O=CNC1CCC(CCN2CCC(c3coc4ccccc34)CC2)CC1. The van der Waals surface area contributed by atoms with E-state index in [4.69, 9.17) is 4.42 Å². The fourth-order valence-electron chi connectivity index (χ4n) is 4.86. The number of carbonyl (C=O) groups excluding carboxylic acids is 1. The van der Waals surface area contributed by atoms with Crippen molar-refractivity contribution in [2.75, 3.05) is 19.6 Å². The van der Waals surface area contributed by atoms with Crippen LogP contribution >= 0.6 is 0 Å². The summed E-state index contributed by atoms with van der Waals surface area (Å²) in [6.07, 6.45) is 11.5. The molecule has 4 heteroatoms. The molecule has 0 spiro atoms. The molecule has 26 heavy (non-hydrogen) atoms. The van der Waals surface area contributed by atoms with Gasteiger partial charge in [-0.05, 0) is 82.5 Å². The molecule has 1 saturated carbocycles. The molecule has 2 aromatic rings. The van der Waals surface area contributed by atoms with Gasteiger partial charge < -0.3 is 14.6 Å². The number of piperidine rings is 1. The Kier molecular flexibility index (Phi) is 5.59. The van der Waals surface area contributed by atoms with Crippen molar-refractivity contribution in [2.24, 2.45) is 5.92 Å². The molecule has 1 aliphatic carbocycles. The smallest absolute Gasteiger partial charge is 0.207 e. The van der Waals surface area contributed by atoms with E-state index in [1.165, 1.54) is 62.7 Å². The molecular weight excluding hydrogens is 324 g/mol. The van der Waals surface area contributed by atoms with Crippen LogP contribution in [0.3, 0.4) is 0 Å². The van der Waals surface area contributed by atoms with Crippen LogP contribution in [0.1, 0.15) is 56.4 Å². The molecule has 1 aromatic heterocycles. The number of amides is 1. The summed E-state index contributed by atoms with van der Waals surface area (Å²) < 4.78 is 5.74. The lowest BCUT2D eigenvalue weighted by molar-refractivity contribution is -0.110. The van der Waals surface area contributed by atoms with Gasteiger partial charge in [0.25, 0.3) is 0 Å². The summed E-state index contributed by atoms with van der Waals surface area (Å²) in [5, 5.41) is 4.24. The maximum absolute atomic E-state index is 10.5. The van der Waals surface area contributed by atoms with Gasteiger partial charge in [0.1, 0.15) is 5.58 Å². The average Bonchev–Trinajstić information content (AvgIpc) is 3.12. The summed E-state index contributed by atoms with van der Waals surface area (Å²) in [5.41, 5.74) is 2.42. The maximum Gasteiger partial charge on any atom is 0.207 e. The Balaban J connectivity index is 1.22. The van der Waals surface area contributed by atoms with E-state index >= 15 is 0 Å². The van der Waals surface area contributed by atoms with Crippen LogP contribution in [0.2, 0.25) is 0 Å². The number of fused-ring (bicyclic) bond motifs is 1. The van der Waals surface area contributed by atoms with E-state index in [-0.39, 0.29) is 0 Å². The molecule has 1 aromatic carbocycles. The number of para-hydroxylation sites is 1. The van der Waals surface area contributed by atoms with Gasteiger partial charge in [-0.3, -0.25) is 4.79 Å². The van der Waals surface area contributed by atoms with Crippen molar-refractivity contribution in [2.45, 2.75) is 56.9 Å². The Bertz CT molecular complexity index is 710. The van der Waals surface area contributed by atoms with Crippen molar-refractivity contribution in [1.29, 1.82) is 0 Å². The summed E-state index contributed by atoms with van der Waals surface area (Å²) in [6.45, 7) is 3.63. The quantitative estimate of drug-likeness (QED) is 0.787. The van der Waals surface area contributed by atoms with Crippen molar-refractivity contribution in [3.05, 3.63) is 36.1 Å². The van der Waals surface area contributed by atoms with Crippen LogP contribution in [-0.2, 0) is 4.79 Å². The molecule has 4 nitrogen and oxygen atoms in total. The zero-order chi connectivity index (χ0) is 17.8. The second kappa shape index (κ2) is 8.26. The fraction of sp³-hybridized carbons (Fsp3) is 0.591. The van der Waals surface area contributed by atoms with Crippen molar-refractivity contribution < 1.29 is 9.21 Å². The monoisotopic (exact) mass is 354 g/mol. The predicted octanol–water partition coefficient (Wildman–Crippen LogP) is 4.31. The summed E-state index contributed by atoms with van der Waals surface area (Å²) in [7, 11) is 0. The van der Waals surface area contributed by atoms with Crippen molar-refractivity contribution in [1.82, 2.24) is 10.2 Å². The van der Waals surface area contributed by atoms with Gasteiger partial charge in [-0.1, -0.05) is 18.2 Å². The Morgan fingerprint density at radius 2 is 1.85 bits per heavy atom. The van der Waals surface area contributed by atoms with Crippen molar-refractivity contribution in [3.63, 3.8) is 0 Å². The molecule has 1 saturated heterocycles. The molecule has 140 valence electrons. The predicted molar refractivity (Wildman–Crippen MR) is 104 cm³/mol. The summed E-state index contributed by atoms with van der Waals surface area (Å²) in [5.74, 6) is 1.48. The van der Waals surface area contributed by atoms with Gasteiger partial charge in [0, 0.05) is 17.0 Å². The lowest BCUT2D eigenvalue weighted by Crippen LogP contribution is -2.36. The van der Waals surface area contributed by atoms with Crippen LogP contribution in [0, 0.1) is 5.92 Å². The number of carbonyl (C=O) groups is 1. The Hall–Kier alpha value is -1.81. The number of furan rings is 1. The molecule has 1 N–H and O–H groups in total. The Labute approximate surface area is 155 Å². The van der Waals surface area contributed by atoms with E-state index in [0.717, 1.165) is 30.8 Å².